The lowest BCUT2D eigenvalue weighted by molar-refractivity contribution is -0.116. The van der Waals surface area contributed by atoms with Crippen molar-refractivity contribution in [1.29, 1.82) is 0 Å². The van der Waals surface area contributed by atoms with Crippen LogP contribution in [0.2, 0.25) is 5.02 Å². The third-order valence-electron chi connectivity index (χ3n) is 2.65. The molecule has 0 amide bonds. The molecule has 1 fully saturated rings. The fourth-order valence-corrected chi connectivity index (χ4v) is 2.05. The molecular weight excluding hydrogens is 208 g/mol. The summed E-state index contributed by atoms with van der Waals surface area (Å²) in [6.07, 6.45) is 5.73. The molecule has 0 aromatic heterocycles. The number of Topliss-reactive ketones (excluding diaryl/α,β-unsaturated/α-hetero) is 1. The topological polar surface area (TPSA) is 17.1 Å². The average Bonchev–Trinajstić information content (AvgIpc) is 2.22. The van der Waals surface area contributed by atoms with Gasteiger partial charge in [0.15, 0.2) is 5.78 Å². The summed E-state index contributed by atoms with van der Waals surface area (Å²) in [7, 11) is 0. The smallest absolute Gasteiger partial charge is 0.158 e. The quantitative estimate of drug-likeness (QED) is 0.657. The number of rotatable bonds is 1. The van der Waals surface area contributed by atoms with Gasteiger partial charge in [0.2, 0.25) is 0 Å². The molecule has 78 valence electrons. The molecule has 0 radical (unpaired) electrons. The van der Waals surface area contributed by atoms with E-state index in [1.165, 1.54) is 0 Å². The second kappa shape index (κ2) is 4.63. The van der Waals surface area contributed by atoms with Crippen LogP contribution in [-0.2, 0) is 4.79 Å². The molecule has 0 unspecified atom stereocenters. The molecule has 1 nitrogen and oxygen atoms in total. The highest BCUT2D eigenvalue weighted by Crippen LogP contribution is 2.23. The first kappa shape index (κ1) is 10.4. The third kappa shape index (κ3) is 2.69. The van der Waals surface area contributed by atoms with E-state index in [4.69, 9.17) is 11.6 Å². The van der Waals surface area contributed by atoms with Crippen molar-refractivity contribution in [2.45, 2.75) is 25.7 Å². The van der Waals surface area contributed by atoms with Crippen LogP contribution in [0.15, 0.2) is 29.8 Å². The Morgan fingerprint density at radius 1 is 1.20 bits per heavy atom. The molecule has 1 aliphatic rings. The first-order chi connectivity index (χ1) is 7.25. The summed E-state index contributed by atoms with van der Waals surface area (Å²) in [6, 6.07) is 7.60. The molecule has 0 spiro atoms. The Labute approximate surface area is 94.8 Å². The van der Waals surface area contributed by atoms with Crippen LogP contribution in [0.3, 0.4) is 0 Å². The van der Waals surface area contributed by atoms with Gasteiger partial charge < -0.3 is 0 Å². The molecule has 0 N–H and O–H groups in total. The van der Waals surface area contributed by atoms with Crippen LogP contribution < -0.4 is 0 Å². The number of benzene rings is 1. The SMILES string of the molecule is O=C1CCCC/C1=C/c1cccc(Cl)c1. The highest BCUT2D eigenvalue weighted by atomic mass is 35.5. The zero-order valence-corrected chi connectivity index (χ0v) is 9.26. The number of allylic oxidation sites excluding steroid dienone is 1. The van der Waals surface area contributed by atoms with Crippen molar-refractivity contribution >= 4 is 23.5 Å². The molecule has 0 atom stereocenters. The summed E-state index contributed by atoms with van der Waals surface area (Å²) >= 11 is 5.88. The van der Waals surface area contributed by atoms with E-state index in [1.54, 1.807) is 0 Å². The van der Waals surface area contributed by atoms with Crippen molar-refractivity contribution in [2.24, 2.45) is 0 Å². The van der Waals surface area contributed by atoms with E-state index < -0.39 is 0 Å². The van der Waals surface area contributed by atoms with Crippen LogP contribution in [0, 0.1) is 0 Å². The molecule has 2 rings (SSSR count). The minimum Gasteiger partial charge on any atom is -0.295 e. The van der Waals surface area contributed by atoms with Gasteiger partial charge in [0.25, 0.3) is 0 Å². The van der Waals surface area contributed by atoms with Crippen LogP contribution >= 0.6 is 11.6 Å². The summed E-state index contributed by atoms with van der Waals surface area (Å²) in [5.41, 5.74) is 1.97. The Hall–Kier alpha value is -1.08. The molecule has 1 saturated carbocycles. The molecular formula is C13H13ClO. The van der Waals surface area contributed by atoms with Gasteiger partial charge in [-0.2, -0.15) is 0 Å². The van der Waals surface area contributed by atoms with Gasteiger partial charge in [0.05, 0.1) is 0 Å². The van der Waals surface area contributed by atoms with Crippen LogP contribution in [0.1, 0.15) is 31.2 Å². The maximum absolute atomic E-state index is 11.6. The highest BCUT2D eigenvalue weighted by molar-refractivity contribution is 6.30. The maximum atomic E-state index is 11.6. The fourth-order valence-electron chi connectivity index (χ4n) is 1.85. The Morgan fingerprint density at radius 2 is 2.00 bits per heavy atom. The number of hydrogen-bond acceptors (Lipinski definition) is 1. The molecule has 0 aliphatic heterocycles. The van der Waals surface area contributed by atoms with E-state index in [-0.39, 0.29) is 0 Å². The molecule has 1 aromatic carbocycles. The predicted molar refractivity (Wildman–Crippen MR) is 62.9 cm³/mol. The largest absolute Gasteiger partial charge is 0.295 e. The van der Waals surface area contributed by atoms with Crippen molar-refractivity contribution in [3.63, 3.8) is 0 Å². The Bertz CT molecular complexity index is 407. The number of carbonyl (C=O) groups is 1. The first-order valence-corrected chi connectivity index (χ1v) is 5.63. The van der Waals surface area contributed by atoms with Gasteiger partial charge in [-0.05, 0) is 48.6 Å². The van der Waals surface area contributed by atoms with Gasteiger partial charge in [-0.1, -0.05) is 23.7 Å². The number of hydrogen-bond donors (Lipinski definition) is 0. The Balaban J connectivity index is 2.25. The van der Waals surface area contributed by atoms with Gasteiger partial charge in [-0.15, -0.1) is 0 Å². The third-order valence-corrected chi connectivity index (χ3v) is 2.88. The van der Waals surface area contributed by atoms with E-state index in [2.05, 4.69) is 0 Å². The number of halogens is 1. The van der Waals surface area contributed by atoms with Crippen molar-refractivity contribution in [2.75, 3.05) is 0 Å². The summed E-state index contributed by atoms with van der Waals surface area (Å²) in [6.45, 7) is 0. The summed E-state index contributed by atoms with van der Waals surface area (Å²) in [4.78, 5) is 11.6. The lowest BCUT2D eigenvalue weighted by atomic mass is 9.92. The van der Waals surface area contributed by atoms with Crippen molar-refractivity contribution in [1.82, 2.24) is 0 Å². The van der Waals surface area contributed by atoms with Crippen LogP contribution in [0.25, 0.3) is 6.08 Å². The van der Waals surface area contributed by atoms with Gasteiger partial charge in [0.1, 0.15) is 0 Å². The van der Waals surface area contributed by atoms with Crippen molar-refractivity contribution in [3.05, 3.63) is 40.4 Å². The Kier molecular flexibility index (Phi) is 3.22. The monoisotopic (exact) mass is 220 g/mol. The van der Waals surface area contributed by atoms with E-state index >= 15 is 0 Å². The molecule has 0 heterocycles. The zero-order valence-electron chi connectivity index (χ0n) is 8.50. The lowest BCUT2D eigenvalue weighted by Crippen LogP contribution is -2.07. The molecule has 0 bridgehead atoms. The fraction of sp³-hybridized carbons (Fsp3) is 0.308. The van der Waals surface area contributed by atoms with Gasteiger partial charge >= 0.3 is 0 Å². The standard InChI is InChI=1S/C13H13ClO/c14-12-6-3-4-10(9-12)8-11-5-1-2-7-13(11)15/h3-4,6,8-9H,1-2,5,7H2/b11-8-. The van der Waals surface area contributed by atoms with E-state index in [0.29, 0.717) is 17.2 Å². The maximum Gasteiger partial charge on any atom is 0.158 e. The van der Waals surface area contributed by atoms with Gasteiger partial charge in [-0.25, -0.2) is 0 Å². The van der Waals surface area contributed by atoms with E-state index in [9.17, 15) is 4.79 Å². The van der Waals surface area contributed by atoms with E-state index in [1.807, 2.05) is 30.3 Å². The first-order valence-electron chi connectivity index (χ1n) is 5.25. The second-order valence-corrected chi connectivity index (χ2v) is 4.29. The van der Waals surface area contributed by atoms with Gasteiger partial charge in [-0.3, -0.25) is 4.79 Å². The van der Waals surface area contributed by atoms with Crippen LogP contribution in [-0.4, -0.2) is 5.78 Å². The normalized spacial score (nSPS) is 19.5. The van der Waals surface area contributed by atoms with Crippen LogP contribution in [0.5, 0.6) is 0 Å². The molecule has 1 aromatic rings. The minimum atomic E-state index is 0.293. The van der Waals surface area contributed by atoms with Crippen molar-refractivity contribution < 1.29 is 4.79 Å². The number of ketones is 1. The Morgan fingerprint density at radius 3 is 2.73 bits per heavy atom. The molecule has 2 heteroatoms. The molecule has 1 aliphatic carbocycles. The minimum absolute atomic E-state index is 0.293. The molecule has 15 heavy (non-hydrogen) atoms. The molecule has 0 saturated heterocycles. The highest BCUT2D eigenvalue weighted by Gasteiger charge is 2.14. The predicted octanol–water partition coefficient (Wildman–Crippen LogP) is 3.87. The average molecular weight is 221 g/mol. The summed E-state index contributed by atoms with van der Waals surface area (Å²) < 4.78 is 0. The number of carbonyl (C=O) groups excluding carboxylic acids is 1. The van der Waals surface area contributed by atoms with Crippen LogP contribution in [0.4, 0.5) is 0 Å². The van der Waals surface area contributed by atoms with E-state index in [0.717, 1.165) is 30.4 Å². The zero-order chi connectivity index (χ0) is 10.7. The lowest BCUT2D eigenvalue weighted by Gasteiger charge is -2.12. The van der Waals surface area contributed by atoms with Gasteiger partial charge in [0, 0.05) is 11.4 Å². The summed E-state index contributed by atoms with van der Waals surface area (Å²) in [5, 5.41) is 0.715. The van der Waals surface area contributed by atoms with Crippen molar-refractivity contribution in [3.8, 4) is 0 Å². The summed E-state index contributed by atoms with van der Waals surface area (Å²) in [5.74, 6) is 0.293. The second-order valence-electron chi connectivity index (χ2n) is 3.85.